The fourth-order valence-electron chi connectivity index (χ4n) is 3.94. The molecule has 0 fully saturated rings. The highest BCUT2D eigenvalue weighted by Crippen LogP contribution is 2.44. The van der Waals surface area contributed by atoms with Gasteiger partial charge in [-0.1, -0.05) is 48.2 Å². The Morgan fingerprint density at radius 3 is 2.65 bits per heavy atom. The molecule has 2 heterocycles. The zero-order chi connectivity index (χ0) is 22.0. The third kappa shape index (κ3) is 4.07. The van der Waals surface area contributed by atoms with Crippen molar-refractivity contribution in [3.05, 3.63) is 60.2 Å². The summed E-state index contributed by atoms with van der Waals surface area (Å²) in [6.45, 7) is 8.63. The van der Waals surface area contributed by atoms with E-state index in [9.17, 15) is 4.79 Å². The van der Waals surface area contributed by atoms with Gasteiger partial charge in [0.25, 0.3) is 0 Å². The van der Waals surface area contributed by atoms with E-state index in [0.29, 0.717) is 17.5 Å². The Labute approximate surface area is 186 Å². The fraction of sp³-hybridized carbons (Fsp3) is 0.304. The van der Waals surface area contributed by atoms with E-state index < -0.39 is 5.54 Å². The van der Waals surface area contributed by atoms with Crippen LogP contribution in [0.3, 0.4) is 0 Å². The summed E-state index contributed by atoms with van der Waals surface area (Å²) in [5.41, 5.74) is 3.32. The Hall–Kier alpha value is -3.13. The molecule has 0 N–H and O–H groups in total. The molecule has 4 rings (SSSR count). The van der Waals surface area contributed by atoms with Crippen LogP contribution in [0.1, 0.15) is 33.3 Å². The van der Waals surface area contributed by atoms with Gasteiger partial charge in [0.2, 0.25) is 11.1 Å². The van der Waals surface area contributed by atoms with Crippen molar-refractivity contribution in [2.75, 3.05) is 17.3 Å². The topological polar surface area (TPSA) is 73.1 Å². The molecular formula is C23H25N5O2S. The van der Waals surface area contributed by atoms with E-state index in [2.05, 4.69) is 28.5 Å². The van der Waals surface area contributed by atoms with Gasteiger partial charge in [-0.15, -0.1) is 5.10 Å². The summed E-state index contributed by atoms with van der Waals surface area (Å²) in [4.78, 5) is 15.4. The van der Waals surface area contributed by atoms with Crippen molar-refractivity contribution >= 4 is 28.9 Å². The van der Waals surface area contributed by atoms with Crippen LogP contribution in [-0.2, 0) is 4.79 Å². The Balaban J connectivity index is 1.63. The van der Waals surface area contributed by atoms with Gasteiger partial charge in [0.1, 0.15) is 5.75 Å². The van der Waals surface area contributed by atoms with Crippen LogP contribution in [0, 0.1) is 0 Å². The lowest BCUT2D eigenvalue weighted by atomic mass is 9.88. The second-order valence-electron chi connectivity index (χ2n) is 7.79. The number of fused-ring (bicyclic) bond motifs is 1. The number of aromatic nitrogens is 4. The lowest BCUT2D eigenvalue weighted by molar-refractivity contribution is -0.117. The van der Waals surface area contributed by atoms with Crippen LogP contribution in [0.2, 0.25) is 0 Å². The van der Waals surface area contributed by atoms with Crippen LogP contribution < -0.4 is 9.64 Å². The number of amides is 1. The van der Waals surface area contributed by atoms with Crippen LogP contribution in [0.25, 0.3) is 11.3 Å². The molecule has 0 unspecified atom stereocenters. The zero-order valence-electron chi connectivity index (χ0n) is 18.1. The predicted molar refractivity (Wildman–Crippen MR) is 123 cm³/mol. The molecule has 0 aliphatic carbocycles. The number of nitrogens with zero attached hydrogens (tertiary/aromatic N) is 5. The van der Waals surface area contributed by atoms with Gasteiger partial charge in [0, 0.05) is 5.56 Å². The van der Waals surface area contributed by atoms with E-state index >= 15 is 0 Å². The van der Waals surface area contributed by atoms with Crippen molar-refractivity contribution in [3.63, 3.8) is 0 Å². The Morgan fingerprint density at radius 2 is 1.90 bits per heavy atom. The number of thioether (sulfide) groups is 1. The van der Waals surface area contributed by atoms with Gasteiger partial charge >= 0.3 is 0 Å². The third-order valence-electron chi connectivity index (χ3n) is 5.11. The standard InChI is InChI=1S/C23H25N5O2S/c1-5-30-19-13-9-12-18-16(2)14-23(3,4)27(21(18)19)20(29)15-31-22-24-25-26-28(22)17-10-7-6-8-11-17/h6-14H,5,15H2,1-4H3. The highest BCUT2D eigenvalue weighted by molar-refractivity contribution is 7.99. The lowest BCUT2D eigenvalue weighted by Crippen LogP contribution is -2.50. The summed E-state index contributed by atoms with van der Waals surface area (Å²) in [7, 11) is 0. The molecule has 3 aromatic rings. The monoisotopic (exact) mass is 435 g/mol. The number of tetrazole rings is 1. The van der Waals surface area contributed by atoms with Crippen molar-refractivity contribution in [3.8, 4) is 11.4 Å². The Bertz CT molecular complexity index is 1120. The minimum Gasteiger partial charge on any atom is -0.492 e. The molecule has 0 radical (unpaired) electrons. The van der Waals surface area contributed by atoms with Crippen LogP contribution in [0.4, 0.5) is 5.69 Å². The van der Waals surface area contributed by atoms with Crippen LogP contribution >= 0.6 is 11.8 Å². The van der Waals surface area contributed by atoms with Gasteiger partial charge in [-0.3, -0.25) is 9.69 Å². The number of benzene rings is 2. The van der Waals surface area contributed by atoms with Gasteiger partial charge in [-0.2, -0.15) is 4.68 Å². The number of allylic oxidation sites excluding steroid dienone is 1. The minimum absolute atomic E-state index is 0.0326. The Kier molecular flexibility index (Phi) is 5.82. The van der Waals surface area contributed by atoms with Crippen LogP contribution in [0.5, 0.6) is 5.75 Å². The highest BCUT2D eigenvalue weighted by Gasteiger charge is 2.37. The number of carbonyl (C=O) groups excluding carboxylic acids is 1. The number of carbonyl (C=O) groups is 1. The van der Waals surface area contributed by atoms with Gasteiger partial charge < -0.3 is 4.74 Å². The molecule has 0 saturated heterocycles. The Morgan fingerprint density at radius 1 is 1.13 bits per heavy atom. The van der Waals surface area contributed by atoms with Gasteiger partial charge in [0.05, 0.1) is 29.3 Å². The van der Waals surface area contributed by atoms with E-state index in [0.717, 1.165) is 22.5 Å². The van der Waals surface area contributed by atoms with E-state index in [1.54, 1.807) is 4.68 Å². The molecule has 0 atom stereocenters. The molecule has 7 nitrogen and oxygen atoms in total. The minimum atomic E-state index is -0.493. The maximum absolute atomic E-state index is 13.5. The molecule has 1 aliphatic rings. The average molecular weight is 436 g/mol. The summed E-state index contributed by atoms with van der Waals surface area (Å²) < 4.78 is 7.53. The lowest BCUT2D eigenvalue weighted by Gasteiger charge is -2.42. The molecule has 0 spiro atoms. The number of para-hydroxylation sites is 2. The molecule has 31 heavy (non-hydrogen) atoms. The van der Waals surface area contributed by atoms with Gasteiger partial charge in [-0.05, 0) is 61.9 Å². The fourth-order valence-corrected chi connectivity index (χ4v) is 4.68. The summed E-state index contributed by atoms with van der Waals surface area (Å²) in [5.74, 6) is 0.881. The second-order valence-corrected chi connectivity index (χ2v) is 8.74. The van der Waals surface area contributed by atoms with Crippen molar-refractivity contribution < 1.29 is 9.53 Å². The second kappa shape index (κ2) is 8.55. The smallest absolute Gasteiger partial charge is 0.238 e. The van der Waals surface area contributed by atoms with Gasteiger partial charge in [-0.25, -0.2) is 0 Å². The third-order valence-corrected chi connectivity index (χ3v) is 6.01. The SMILES string of the molecule is CCOc1cccc2c1N(C(=O)CSc1nnnn1-c1ccccc1)C(C)(C)C=C2C. The number of hydrogen-bond donors (Lipinski definition) is 0. The summed E-state index contributed by atoms with van der Waals surface area (Å²) in [6.07, 6.45) is 2.13. The molecule has 2 aromatic carbocycles. The molecule has 8 heteroatoms. The molecule has 1 amide bonds. The van der Waals surface area contributed by atoms with Crippen molar-refractivity contribution in [1.82, 2.24) is 20.2 Å². The van der Waals surface area contributed by atoms with Crippen molar-refractivity contribution in [2.24, 2.45) is 0 Å². The van der Waals surface area contributed by atoms with E-state index in [-0.39, 0.29) is 11.7 Å². The largest absolute Gasteiger partial charge is 0.492 e. The summed E-state index contributed by atoms with van der Waals surface area (Å²) in [6, 6.07) is 15.5. The van der Waals surface area contributed by atoms with E-state index in [1.807, 2.05) is 74.2 Å². The number of hydrogen-bond acceptors (Lipinski definition) is 6. The first-order valence-corrected chi connectivity index (χ1v) is 11.2. The molecule has 0 saturated carbocycles. The highest BCUT2D eigenvalue weighted by atomic mass is 32.2. The molecular weight excluding hydrogens is 410 g/mol. The summed E-state index contributed by atoms with van der Waals surface area (Å²) >= 11 is 1.32. The quantitative estimate of drug-likeness (QED) is 0.535. The molecule has 1 aliphatic heterocycles. The molecule has 160 valence electrons. The van der Waals surface area contributed by atoms with Crippen molar-refractivity contribution in [1.29, 1.82) is 0 Å². The maximum atomic E-state index is 13.5. The first-order valence-electron chi connectivity index (χ1n) is 10.2. The maximum Gasteiger partial charge on any atom is 0.238 e. The molecule has 1 aromatic heterocycles. The van der Waals surface area contributed by atoms with Gasteiger partial charge in [0.15, 0.2) is 0 Å². The zero-order valence-corrected chi connectivity index (χ0v) is 18.9. The average Bonchev–Trinajstić information content (AvgIpc) is 3.22. The summed E-state index contributed by atoms with van der Waals surface area (Å²) in [5, 5.41) is 12.5. The van der Waals surface area contributed by atoms with Crippen LogP contribution in [0.15, 0.2) is 59.8 Å². The first-order chi connectivity index (χ1) is 14.9. The normalized spacial score (nSPS) is 14.7. The predicted octanol–water partition coefficient (Wildman–Crippen LogP) is 4.38. The van der Waals surface area contributed by atoms with Crippen molar-refractivity contribution in [2.45, 2.75) is 38.4 Å². The number of ether oxygens (including phenoxy) is 1. The number of anilines is 1. The van der Waals surface area contributed by atoms with E-state index in [4.69, 9.17) is 4.74 Å². The van der Waals surface area contributed by atoms with Crippen LogP contribution in [-0.4, -0.2) is 44.0 Å². The molecule has 0 bridgehead atoms. The first kappa shape index (κ1) is 21.1. The van der Waals surface area contributed by atoms with E-state index in [1.165, 1.54) is 11.8 Å². The number of rotatable bonds is 6.